The number of hydrogen-bond acceptors (Lipinski definition) is 9. The van der Waals surface area contributed by atoms with Crippen LogP contribution < -0.4 is 19.1 Å². The van der Waals surface area contributed by atoms with Gasteiger partial charge in [0.2, 0.25) is 11.7 Å². The third kappa shape index (κ3) is 4.70. The van der Waals surface area contributed by atoms with Crippen molar-refractivity contribution >= 4 is 17.8 Å². The van der Waals surface area contributed by atoms with Gasteiger partial charge in [-0.1, -0.05) is 0 Å². The first-order valence-electron chi connectivity index (χ1n) is 9.34. The number of ether oxygens (including phenoxy) is 4. The molecular formula is C20H24N4O6. The lowest BCUT2D eigenvalue weighted by atomic mass is 10.2. The second-order valence-electron chi connectivity index (χ2n) is 6.41. The first-order chi connectivity index (χ1) is 14.6. The van der Waals surface area contributed by atoms with Crippen molar-refractivity contribution in [3.63, 3.8) is 0 Å². The van der Waals surface area contributed by atoms with E-state index in [-0.39, 0.29) is 18.1 Å². The smallest absolute Gasteiger partial charge is 0.338 e. The number of aromatic nitrogens is 2. The van der Waals surface area contributed by atoms with E-state index < -0.39 is 5.97 Å². The summed E-state index contributed by atoms with van der Waals surface area (Å²) in [5.74, 6) is 0.749. The lowest BCUT2D eigenvalue weighted by Crippen LogP contribution is -2.50. The van der Waals surface area contributed by atoms with Crippen LogP contribution in [0.1, 0.15) is 10.4 Å². The van der Waals surface area contributed by atoms with Gasteiger partial charge in [-0.05, 0) is 18.2 Å². The Hall–Kier alpha value is -3.56. The van der Waals surface area contributed by atoms with Crippen molar-refractivity contribution in [1.29, 1.82) is 0 Å². The molecule has 0 aliphatic carbocycles. The quantitative estimate of drug-likeness (QED) is 0.612. The highest BCUT2D eigenvalue weighted by atomic mass is 16.5. The summed E-state index contributed by atoms with van der Waals surface area (Å²) >= 11 is 0. The molecule has 1 aliphatic rings. The molecule has 0 radical (unpaired) electrons. The van der Waals surface area contributed by atoms with Crippen LogP contribution in [0.4, 0.5) is 5.95 Å². The number of methoxy groups -OCH3 is 3. The molecule has 160 valence electrons. The van der Waals surface area contributed by atoms with Crippen LogP contribution in [0.5, 0.6) is 17.2 Å². The Morgan fingerprint density at radius 3 is 2.07 bits per heavy atom. The molecule has 3 rings (SSSR count). The minimum Gasteiger partial charge on any atom is -0.493 e. The van der Waals surface area contributed by atoms with E-state index in [9.17, 15) is 9.59 Å². The number of rotatable bonds is 7. The Balaban J connectivity index is 1.56. The van der Waals surface area contributed by atoms with E-state index in [1.165, 1.54) is 33.5 Å². The summed E-state index contributed by atoms with van der Waals surface area (Å²) in [4.78, 5) is 37.0. The maximum absolute atomic E-state index is 12.5. The molecule has 10 nitrogen and oxygen atoms in total. The number of carbonyl (C=O) groups excluding carboxylic acids is 2. The van der Waals surface area contributed by atoms with Gasteiger partial charge < -0.3 is 28.7 Å². The molecule has 0 spiro atoms. The van der Waals surface area contributed by atoms with Crippen molar-refractivity contribution < 1.29 is 28.5 Å². The second-order valence-corrected chi connectivity index (χ2v) is 6.41. The fraction of sp³-hybridized carbons (Fsp3) is 0.400. The average Bonchev–Trinajstić information content (AvgIpc) is 2.81. The number of anilines is 1. The van der Waals surface area contributed by atoms with E-state index in [1.54, 1.807) is 23.4 Å². The molecule has 30 heavy (non-hydrogen) atoms. The van der Waals surface area contributed by atoms with Crippen LogP contribution in [0.3, 0.4) is 0 Å². The zero-order valence-corrected chi connectivity index (χ0v) is 17.2. The summed E-state index contributed by atoms with van der Waals surface area (Å²) in [5, 5.41) is 0. The van der Waals surface area contributed by atoms with Gasteiger partial charge in [-0.15, -0.1) is 0 Å². The Morgan fingerprint density at radius 1 is 0.933 bits per heavy atom. The van der Waals surface area contributed by atoms with E-state index in [4.69, 9.17) is 18.9 Å². The van der Waals surface area contributed by atoms with Gasteiger partial charge in [0.15, 0.2) is 18.1 Å². The second kappa shape index (κ2) is 9.77. The maximum Gasteiger partial charge on any atom is 0.338 e. The zero-order valence-electron chi connectivity index (χ0n) is 17.2. The summed E-state index contributed by atoms with van der Waals surface area (Å²) < 4.78 is 20.9. The molecule has 0 N–H and O–H groups in total. The van der Waals surface area contributed by atoms with Crippen LogP contribution in [-0.4, -0.2) is 80.9 Å². The fourth-order valence-electron chi connectivity index (χ4n) is 3.11. The van der Waals surface area contributed by atoms with E-state index in [0.29, 0.717) is 49.4 Å². The van der Waals surface area contributed by atoms with E-state index in [1.807, 2.05) is 4.90 Å². The number of nitrogens with zero attached hydrogens (tertiary/aromatic N) is 4. The largest absolute Gasteiger partial charge is 0.493 e. The van der Waals surface area contributed by atoms with Crippen molar-refractivity contribution in [3.8, 4) is 17.2 Å². The summed E-state index contributed by atoms with van der Waals surface area (Å²) in [6.45, 7) is 1.86. The standard InChI is InChI=1S/C20H24N4O6/c1-27-15-11-14(12-16(28-2)18(15)29-3)19(26)30-13-17(25)23-7-9-24(10-8-23)20-21-5-4-6-22-20/h4-6,11-12H,7-10,13H2,1-3H3. The summed E-state index contributed by atoms with van der Waals surface area (Å²) in [7, 11) is 4.38. The minimum absolute atomic E-state index is 0.198. The molecule has 1 aliphatic heterocycles. The van der Waals surface area contributed by atoms with Crippen molar-refractivity contribution in [1.82, 2.24) is 14.9 Å². The normalized spacial score (nSPS) is 13.6. The van der Waals surface area contributed by atoms with Crippen LogP contribution in [0, 0.1) is 0 Å². The first kappa shape index (κ1) is 21.2. The van der Waals surface area contributed by atoms with Gasteiger partial charge >= 0.3 is 5.97 Å². The van der Waals surface area contributed by atoms with Crippen LogP contribution >= 0.6 is 0 Å². The van der Waals surface area contributed by atoms with Crippen LogP contribution in [0.2, 0.25) is 0 Å². The summed E-state index contributed by atoms with van der Waals surface area (Å²) in [6.07, 6.45) is 3.37. The molecule has 0 unspecified atom stereocenters. The van der Waals surface area contributed by atoms with Crippen LogP contribution in [-0.2, 0) is 9.53 Å². The highest BCUT2D eigenvalue weighted by molar-refractivity contribution is 5.92. The number of hydrogen-bond donors (Lipinski definition) is 0. The van der Waals surface area contributed by atoms with Crippen molar-refractivity contribution in [2.45, 2.75) is 0 Å². The van der Waals surface area contributed by atoms with Crippen LogP contribution in [0.15, 0.2) is 30.6 Å². The Labute approximate surface area is 174 Å². The fourth-order valence-corrected chi connectivity index (χ4v) is 3.11. The molecule has 2 heterocycles. The molecule has 2 aromatic rings. The first-order valence-corrected chi connectivity index (χ1v) is 9.34. The van der Waals surface area contributed by atoms with Gasteiger partial charge in [-0.25, -0.2) is 14.8 Å². The minimum atomic E-state index is -0.654. The van der Waals surface area contributed by atoms with Crippen molar-refractivity contribution in [3.05, 3.63) is 36.2 Å². The third-order valence-corrected chi connectivity index (χ3v) is 4.69. The van der Waals surface area contributed by atoms with Gasteiger partial charge in [0.1, 0.15) is 0 Å². The van der Waals surface area contributed by atoms with Gasteiger partial charge in [0, 0.05) is 38.6 Å². The molecule has 0 saturated carbocycles. The van der Waals surface area contributed by atoms with E-state index in [0.717, 1.165) is 0 Å². The molecular weight excluding hydrogens is 392 g/mol. The SMILES string of the molecule is COc1cc(C(=O)OCC(=O)N2CCN(c3ncccn3)CC2)cc(OC)c1OC. The lowest BCUT2D eigenvalue weighted by Gasteiger charge is -2.34. The molecule has 1 saturated heterocycles. The number of amides is 1. The van der Waals surface area contributed by atoms with Crippen molar-refractivity contribution in [2.75, 3.05) is 59.0 Å². The molecule has 1 amide bonds. The Bertz CT molecular complexity index is 859. The summed E-state index contributed by atoms with van der Waals surface area (Å²) in [6, 6.07) is 4.71. The van der Waals surface area contributed by atoms with E-state index in [2.05, 4.69) is 9.97 Å². The Morgan fingerprint density at radius 2 is 1.53 bits per heavy atom. The third-order valence-electron chi connectivity index (χ3n) is 4.69. The average molecular weight is 416 g/mol. The molecule has 1 aromatic carbocycles. The number of piperazine rings is 1. The number of esters is 1. The molecule has 10 heteroatoms. The summed E-state index contributed by atoms with van der Waals surface area (Å²) in [5.41, 5.74) is 0.198. The lowest BCUT2D eigenvalue weighted by molar-refractivity contribution is -0.134. The van der Waals surface area contributed by atoms with Crippen LogP contribution in [0.25, 0.3) is 0 Å². The van der Waals surface area contributed by atoms with Gasteiger partial charge in [-0.2, -0.15) is 0 Å². The number of benzene rings is 1. The molecule has 1 aromatic heterocycles. The monoisotopic (exact) mass is 416 g/mol. The van der Waals surface area contributed by atoms with Gasteiger partial charge in [-0.3, -0.25) is 4.79 Å². The van der Waals surface area contributed by atoms with Gasteiger partial charge in [0.25, 0.3) is 5.91 Å². The molecule has 0 atom stereocenters. The zero-order chi connectivity index (χ0) is 21.5. The Kier molecular flexibility index (Phi) is 6.89. The van der Waals surface area contributed by atoms with Crippen molar-refractivity contribution in [2.24, 2.45) is 0 Å². The van der Waals surface area contributed by atoms with Gasteiger partial charge in [0.05, 0.1) is 26.9 Å². The predicted octanol–water partition coefficient (Wildman–Crippen LogP) is 1.01. The predicted molar refractivity (Wildman–Crippen MR) is 107 cm³/mol. The van der Waals surface area contributed by atoms with E-state index >= 15 is 0 Å². The molecule has 1 fully saturated rings. The highest BCUT2D eigenvalue weighted by Crippen LogP contribution is 2.38. The molecule has 0 bridgehead atoms. The topological polar surface area (TPSA) is 103 Å². The number of carbonyl (C=O) groups is 2. The highest BCUT2D eigenvalue weighted by Gasteiger charge is 2.24. The maximum atomic E-state index is 12.5.